The summed E-state index contributed by atoms with van der Waals surface area (Å²) in [5.74, 6) is -1.54. The number of ether oxygens (including phenoxy) is 4. The highest BCUT2D eigenvalue weighted by Crippen LogP contribution is 2.42. The molecule has 2 heterocycles. The number of aromatic hydroxyl groups is 2. The Morgan fingerprint density at radius 3 is 2.25 bits per heavy atom. The summed E-state index contributed by atoms with van der Waals surface area (Å²) < 4.78 is 26.6. The summed E-state index contributed by atoms with van der Waals surface area (Å²) >= 11 is 0. The van der Waals surface area contributed by atoms with Gasteiger partial charge in [-0.2, -0.15) is 0 Å². The molecule has 0 unspecified atom stereocenters. The van der Waals surface area contributed by atoms with Gasteiger partial charge in [-0.05, 0) is 17.7 Å². The maximum absolute atomic E-state index is 13.1. The second-order valence-electron chi connectivity index (χ2n) is 7.25. The Balaban J connectivity index is 2.12. The molecule has 1 aromatic heterocycles. The molecule has 0 radical (unpaired) electrons. The summed E-state index contributed by atoms with van der Waals surface area (Å²) in [6, 6.07) is 4.16. The van der Waals surface area contributed by atoms with Crippen LogP contribution in [-0.4, -0.2) is 68.7 Å². The Morgan fingerprint density at radius 1 is 1.06 bits per heavy atom. The van der Waals surface area contributed by atoms with Gasteiger partial charge < -0.3 is 38.5 Å². The molecule has 0 bridgehead atoms. The number of carbonyl (C=O) groups excluding carboxylic acids is 1. The first-order valence-corrected chi connectivity index (χ1v) is 10.0. The Hall–Kier alpha value is -3.24. The van der Waals surface area contributed by atoms with Gasteiger partial charge >= 0.3 is 0 Å². The predicted octanol–water partition coefficient (Wildman–Crippen LogP) is 1.60. The van der Waals surface area contributed by atoms with Crippen molar-refractivity contribution in [2.45, 2.75) is 18.9 Å². The molecular weight excluding hydrogens is 422 g/mol. The standard InChI is InChI=1S/C22H27NO9/c1-28-12-14-10-16(24)20(26)22(32-14)15(11-19(25)23-4-6-31-7-5-23)13-8-17(29-2)21(27)18(9-13)30-3/h8-10,15,26-27H,4-7,11-12H2,1-3H3/t15-/m1/s1. The van der Waals surface area contributed by atoms with Crippen LogP contribution < -0.4 is 14.9 Å². The number of nitrogens with zero attached hydrogens (tertiary/aromatic N) is 1. The summed E-state index contributed by atoms with van der Waals surface area (Å²) in [5, 5.41) is 20.8. The molecule has 3 rings (SSSR count). The van der Waals surface area contributed by atoms with Crippen molar-refractivity contribution in [1.82, 2.24) is 4.90 Å². The zero-order chi connectivity index (χ0) is 23.3. The lowest BCUT2D eigenvalue weighted by Gasteiger charge is -2.29. The highest BCUT2D eigenvalue weighted by molar-refractivity contribution is 5.78. The quantitative estimate of drug-likeness (QED) is 0.617. The van der Waals surface area contributed by atoms with E-state index in [0.717, 1.165) is 6.07 Å². The lowest BCUT2D eigenvalue weighted by molar-refractivity contribution is -0.135. The second kappa shape index (κ2) is 10.4. The second-order valence-corrected chi connectivity index (χ2v) is 7.25. The molecule has 10 heteroatoms. The minimum absolute atomic E-state index is 0.00880. The number of methoxy groups -OCH3 is 3. The maximum Gasteiger partial charge on any atom is 0.227 e. The molecule has 1 saturated heterocycles. The van der Waals surface area contributed by atoms with Gasteiger partial charge in [0.2, 0.25) is 22.8 Å². The summed E-state index contributed by atoms with van der Waals surface area (Å²) in [6.07, 6.45) is -0.107. The number of phenolic OH excluding ortho intramolecular Hbond substituents is 1. The molecule has 0 spiro atoms. The van der Waals surface area contributed by atoms with E-state index in [4.69, 9.17) is 23.4 Å². The first-order chi connectivity index (χ1) is 15.4. The first kappa shape index (κ1) is 23.4. The zero-order valence-corrected chi connectivity index (χ0v) is 18.3. The number of carbonyl (C=O) groups is 1. The van der Waals surface area contributed by atoms with Crippen molar-refractivity contribution in [3.8, 4) is 23.0 Å². The smallest absolute Gasteiger partial charge is 0.227 e. The van der Waals surface area contributed by atoms with Crippen molar-refractivity contribution in [2.24, 2.45) is 0 Å². The normalized spacial score (nSPS) is 14.8. The number of rotatable bonds is 8. The van der Waals surface area contributed by atoms with Crippen LogP contribution in [0.3, 0.4) is 0 Å². The third kappa shape index (κ3) is 4.97. The molecule has 2 N–H and O–H groups in total. The van der Waals surface area contributed by atoms with E-state index in [1.165, 1.54) is 33.5 Å². The van der Waals surface area contributed by atoms with Crippen LogP contribution in [0.25, 0.3) is 0 Å². The van der Waals surface area contributed by atoms with Crippen LogP contribution in [0.15, 0.2) is 27.4 Å². The van der Waals surface area contributed by atoms with Crippen molar-refractivity contribution in [2.75, 3.05) is 47.6 Å². The predicted molar refractivity (Wildman–Crippen MR) is 112 cm³/mol. The molecule has 1 fully saturated rings. The van der Waals surface area contributed by atoms with E-state index in [2.05, 4.69) is 0 Å². The van der Waals surface area contributed by atoms with Gasteiger partial charge in [0, 0.05) is 32.7 Å². The molecule has 1 aliphatic rings. The summed E-state index contributed by atoms with van der Waals surface area (Å²) in [5.41, 5.74) is -0.203. The molecule has 10 nitrogen and oxygen atoms in total. The van der Waals surface area contributed by atoms with Crippen LogP contribution >= 0.6 is 0 Å². The van der Waals surface area contributed by atoms with Gasteiger partial charge in [-0.25, -0.2) is 0 Å². The monoisotopic (exact) mass is 449 g/mol. The minimum atomic E-state index is -0.863. The van der Waals surface area contributed by atoms with Crippen molar-refractivity contribution in [3.05, 3.63) is 45.5 Å². The average Bonchev–Trinajstić information content (AvgIpc) is 2.80. The Morgan fingerprint density at radius 2 is 1.69 bits per heavy atom. The van der Waals surface area contributed by atoms with Gasteiger partial charge in [0.25, 0.3) is 0 Å². The minimum Gasteiger partial charge on any atom is -0.502 e. The van der Waals surface area contributed by atoms with E-state index in [0.29, 0.717) is 31.9 Å². The number of morpholine rings is 1. The number of hydrogen-bond donors (Lipinski definition) is 2. The number of hydrogen-bond acceptors (Lipinski definition) is 9. The molecule has 32 heavy (non-hydrogen) atoms. The summed E-state index contributed by atoms with van der Waals surface area (Å²) in [4.78, 5) is 27.1. The van der Waals surface area contributed by atoms with E-state index in [-0.39, 0.29) is 47.7 Å². The number of amides is 1. The first-order valence-electron chi connectivity index (χ1n) is 10.0. The molecule has 1 aromatic carbocycles. The van der Waals surface area contributed by atoms with Crippen LogP contribution in [-0.2, 0) is 20.9 Å². The van der Waals surface area contributed by atoms with Gasteiger partial charge in [0.05, 0.1) is 33.4 Å². The van der Waals surface area contributed by atoms with Crippen LogP contribution in [0, 0.1) is 0 Å². The van der Waals surface area contributed by atoms with Crippen LogP contribution in [0.5, 0.6) is 23.0 Å². The van der Waals surface area contributed by atoms with Crippen LogP contribution in [0.2, 0.25) is 0 Å². The third-order valence-corrected chi connectivity index (χ3v) is 5.25. The van der Waals surface area contributed by atoms with Gasteiger partial charge in [-0.3, -0.25) is 9.59 Å². The Bertz CT molecular complexity index is 986. The lowest BCUT2D eigenvalue weighted by Crippen LogP contribution is -2.41. The maximum atomic E-state index is 13.1. The number of phenols is 1. The molecule has 1 atom stereocenters. The zero-order valence-electron chi connectivity index (χ0n) is 18.3. The average molecular weight is 449 g/mol. The van der Waals surface area contributed by atoms with Gasteiger partial charge in [0.1, 0.15) is 12.4 Å². The van der Waals surface area contributed by atoms with Gasteiger partial charge in [-0.1, -0.05) is 0 Å². The molecule has 0 saturated carbocycles. The SMILES string of the molecule is COCc1cc(=O)c(O)c([C@H](CC(=O)N2CCOCC2)c2cc(OC)c(O)c(OC)c2)o1. The molecule has 2 aromatic rings. The Labute approximate surface area is 184 Å². The van der Waals surface area contributed by atoms with Gasteiger partial charge in [-0.15, -0.1) is 0 Å². The summed E-state index contributed by atoms with van der Waals surface area (Å²) in [6.45, 7) is 1.75. The highest BCUT2D eigenvalue weighted by atomic mass is 16.5. The topological polar surface area (TPSA) is 128 Å². The van der Waals surface area contributed by atoms with E-state index >= 15 is 0 Å². The molecule has 1 aliphatic heterocycles. The lowest BCUT2D eigenvalue weighted by atomic mass is 9.90. The fraction of sp³-hybridized carbons (Fsp3) is 0.455. The van der Waals surface area contributed by atoms with Gasteiger partial charge in [0.15, 0.2) is 17.3 Å². The van der Waals surface area contributed by atoms with E-state index < -0.39 is 17.1 Å². The third-order valence-electron chi connectivity index (χ3n) is 5.25. The van der Waals surface area contributed by atoms with E-state index in [1.807, 2.05) is 0 Å². The van der Waals surface area contributed by atoms with Crippen LogP contribution in [0.4, 0.5) is 0 Å². The molecule has 174 valence electrons. The summed E-state index contributed by atoms with van der Waals surface area (Å²) in [7, 11) is 4.20. The molecule has 0 aliphatic carbocycles. The van der Waals surface area contributed by atoms with Crippen molar-refractivity contribution in [3.63, 3.8) is 0 Å². The number of benzene rings is 1. The van der Waals surface area contributed by atoms with Crippen molar-refractivity contribution < 1.29 is 38.4 Å². The fourth-order valence-electron chi connectivity index (χ4n) is 3.60. The fourth-order valence-corrected chi connectivity index (χ4v) is 3.60. The Kier molecular flexibility index (Phi) is 7.60. The molecular formula is C22H27NO9. The van der Waals surface area contributed by atoms with Crippen molar-refractivity contribution >= 4 is 5.91 Å². The van der Waals surface area contributed by atoms with Crippen molar-refractivity contribution in [1.29, 1.82) is 0 Å². The largest absolute Gasteiger partial charge is 0.502 e. The van der Waals surface area contributed by atoms with E-state index in [1.54, 1.807) is 4.90 Å². The van der Waals surface area contributed by atoms with Crippen LogP contribution in [0.1, 0.15) is 29.4 Å². The van der Waals surface area contributed by atoms with E-state index in [9.17, 15) is 19.8 Å². The highest BCUT2D eigenvalue weighted by Gasteiger charge is 2.30. The molecule has 1 amide bonds.